The number of carbonyl (C=O) groups excluding carboxylic acids is 2. The number of hydrogen-bond acceptors (Lipinski definition) is 18. The van der Waals surface area contributed by atoms with Crippen molar-refractivity contribution in [3.8, 4) is 0 Å². The van der Waals surface area contributed by atoms with E-state index in [4.69, 9.17) is 45.5 Å². The number of nitrogens with two attached hydrogens (primary N) is 2. The minimum atomic E-state index is -4.95. The molecule has 1 saturated heterocycles. The zero-order chi connectivity index (χ0) is 52.8. The summed E-state index contributed by atoms with van der Waals surface area (Å²) in [5, 5.41) is 45.4. The number of quaternary nitrogens is 1. The summed E-state index contributed by atoms with van der Waals surface area (Å²) in [4.78, 5) is 62.7. The van der Waals surface area contributed by atoms with Gasteiger partial charge in [-0.3, -0.25) is 23.5 Å². The minimum absolute atomic E-state index is 0.0537. The summed E-state index contributed by atoms with van der Waals surface area (Å²) in [7, 11) is 1.21. The van der Waals surface area contributed by atoms with Crippen molar-refractivity contribution in [2.24, 2.45) is 5.73 Å². The molecule has 1 fully saturated rings. The predicted octanol–water partition coefficient (Wildman–Crippen LogP) is 4.88. The second-order valence-corrected chi connectivity index (χ2v) is 20.3. The van der Waals surface area contributed by atoms with E-state index >= 15 is 0 Å². The third-order valence-corrected chi connectivity index (χ3v) is 12.2. The Balaban J connectivity index is 0.00000159. The monoisotopic (exact) mass is 1030 g/mol. The van der Waals surface area contributed by atoms with Crippen LogP contribution >= 0.6 is 7.82 Å². The summed E-state index contributed by atoms with van der Waals surface area (Å²) in [6, 6.07) is -0.183. The molecule has 410 valence electrons. The number of aliphatic hydroxyl groups is 4. The van der Waals surface area contributed by atoms with Gasteiger partial charge in [-0.2, -0.15) is 4.98 Å². The van der Waals surface area contributed by atoms with E-state index < -0.39 is 87.9 Å². The van der Waals surface area contributed by atoms with Gasteiger partial charge in [-0.05, 0) is 18.9 Å². The van der Waals surface area contributed by atoms with Crippen LogP contribution in [0.2, 0.25) is 0 Å². The van der Waals surface area contributed by atoms with Crippen LogP contribution in [0, 0.1) is 0 Å². The first-order chi connectivity index (χ1) is 33.2. The van der Waals surface area contributed by atoms with Crippen LogP contribution in [0.1, 0.15) is 174 Å². The molecule has 2 heterocycles. The molecular weight excluding hydrogens is 934 g/mol. The molecule has 1 aromatic rings. The van der Waals surface area contributed by atoms with Gasteiger partial charge in [0.25, 0.3) is 7.82 Å². The number of unbranched alkanes of at least 4 members (excludes halogenated alkanes) is 20. The first-order valence-electron chi connectivity index (χ1n) is 25.5. The SMILES string of the molecule is CCCCCCCCCCCCCC(=O)OCC(COP(=O)([O-])OC[C@H](N)C(=O)O)OC(=O)CCCCCCCCCCCCC.C[N+](C)(C)CCO.Nc1ccn([C@@H]2O[C@H](CO)[C@@H](O)[C@H]2O)c(=O)n1. The highest BCUT2D eigenvalue weighted by atomic mass is 31.2. The number of anilines is 1. The fourth-order valence-corrected chi connectivity index (χ4v) is 7.74. The molecule has 1 aliphatic heterocycles. The van der Waals surface area contributed by atoms with E-state index in [0.717, 1.165) is 54.1 Å². The molecule has 0 spiro atoms. The van der Waals surface area contributed by atoms with Crippen LogP contribution in [-0.4, -0.2) is 149 Å². The third kappa shape index (κ3) is 35.1. The highest BCUT2D eigenvalue weighted by Gasteiger charge is 2.43. The highest BCUT2D eigenvalue weighted by Crippen LogP contribution is 2.38. The number of phosphoric acid groups is 1. The molecule has 22 heteroatoms. The van der Waals surface area contributed by atoms with Gasteiger partial charge in [0, 0.05) is 19.0 Å². The molecule has 0 aliphatic carbocycles. The lowest BCUT2D eigenvalue weighted by molar-refractivity contribution is -0.870. The molecule has 0 saturated carbocycles. The smallest absolute Gasteiger partial charge is 0.351 e. The van der Waals surface area contributed by atoms with Crippen LogP contribution in [0.4, 0.5) is 5.82 Å². The maximum absolute atomic E-state index is 12.5. The van der Waals surface area contributed by atoms with Gasteiger partial charge in [-0.25, -0.2) is 4.79 Å². The van der Waals surface area contributed by atoms with Crippen molar-refractivity contribution < 1.29 is 77.1 Å². The van der Waals surface area contributed by atoms with Crippen molar-refractivity contribution >= 4 is 31.5 Å². The topological polar surface area (TPSA) is 326 Å². The number of carboxylic acid groups (broad SMARTS) is 1. The van der Waals surface area contributed by atoms with Crippen molar-refractivity contribution in [2.75, 3.05) is 66.5 Å². The molecule has 2 rings (SSSR count). The Bertz CT molecular complexity index is 1620. The second-order valence-electron chi connectivity index (χ2n) is 18.9. The number of carboxylic acids is 1. The molecule has 0 radical (unpaired) electrons. The number of hydrogen-bond donors (Lipinski definition) is 7. The normalized spacial score (nSPS) is 18.4. The van der Waals surface area contributed by atoms with Gasteiger partial charge in [0.05, 0.1) is 47.6 Å². The Kier molecular flexibility index (Phi) is 38.6. The van der Waals surface area contributed by atoms with Crippen LogP contribution in [0.15, 0.2) is 17.1 Å². The molecule has 7 atom stereocenters. The Morgan fingerprint density at radius 3 is 1.63 bits per heavy atom. The first-order valence-corrected chi connectivity index (χ1v) is 27.0. The summed E-state index contributed by atoms with van der Waals surface area (Å²) in [5.41, 5.74) is 9.90. The quantitative estimate of drug-likeness (QED) is 0.0201. The minimum Gasteiger partial charge on any atom is -0.756 e. The number of phosphoric ester groups is 1. The number of rotatable bonds is 38. The van der Waals surface area contributed by atoms with E-state index in [0.29, 0.717) is 12.8 Å². The molecule has 0 aromatic carbocycles. The van der Waals surface area contributed by atoms with Gasteiger partial charge in [0.1, 0.15) is 43.3 Å². The van der Waals surface area contributed by atoms with E-state index in [9.17, 15) is 38.8 Å². The Morgan fingerprint density at radius 1 is 0.771 bits per heavy atom. The van der Waals surface area contributed by atoms with Crippen molar-refractivity contribution in [3.05, 3.63) is 22.7 Å². The standard InChI is InChI=1S/C34H66NO10P.C9H13N3O5.C5H14NO/c1-3-5-7-9-11-13-15-17-19-21-23-25-32(36)42-27-30(28-43-46(40,41)44-29-31(35)34(38)39)45-33(37)26-24-22-20-18-16-14-12-10-8-6-4-2;10-5-1-2-12(9(16)11-5)8-7(15)6(14)4(3-13)17-8;1-6(2,3)4-5-7/h30-31H,3-29,35H2,1-2H3,(H,38,39)(H,40,41);1-2,4,6-8,13-15H,3H2,(H2,10,11,16);7H,4-5H2,1-3H3/q;;+1/p-1/t30?,31-;4-,6-,7-,8-;/m01./s1. The lowest BCUT2D eigenvalue weighted by Crippen LogP contribution is -2.36. The first kappa shape index (κ1) is 66.9. The fraction of sp³-hybridized carbons (Fsp3) is 0.854. The highest BCUT2D eigenvalue weighted by molar-refractivity contribution is 7.45. The molecule has 0 amide bonds. The van der Waals surface area contributed by atoms with Crippen molar-refractivity contribution in [3.63, 3.8) is 0 Å². The third-order valence-electron chi connectivity index (χ3n) is 11.3. The molecule has 1 aliphatic rings. The average Bonchev–Trinajstić information content (AvgIpc) is 3.59. The van der Waals surface area contributed by atoms with Gasteiger partial charge in [0.15, 0.2) is 12.3 Å². The molecular formula is C48H92N5O16P. The number of aliphatic hydroxyl groups excluding tert-OH is 4. The van der Waals surface area contributed by atoms with E-state index in [1.54, 1.807) is 0 Å². The van der Waals surface area contributed by atoms with Crippen LogP contribution in [0.3, 0.4) is 0 Å². The maximum atomic E-state index is 12.5. The van der Waals surface area contributed by atoms with Gasteiger partial charge >= 0.3 is 23.6 Å². The Labute approximate surface area is 416 Å². The predicted molar refractivity (Wildman–Crippen MR) is 264 cm³/mol. The van der Waals surface area contributed by atoms with Crippen LogP contribution in [-0.2, 0) is 42.2 Å². The zero-order valence-corrected chi connectivity index (χ0v) is 43.9. The van der Waals surface area contributed by atoms with Gasteiger partial charge < -0.3 is 69.6 Å². The van der Waals surface area contributed by atoms with E-state index in [2.05, 4.69) is 44.5 Å². The average molecular weight is 1030 g/mol. The molecule has 2 unspecified atom stereocenters. The summed E-state index contributed by atoms with van der Waals surface area (Å²) in [5.74, 6) is -2.38. The van der Waals surface area contributed by atoms with Crippen molar-refractivity contribution in [2.45, 2.75) is 205 Å². The number of ether oxygens (including phenoxy) is 3. The van der Waals surface area contributed by atoms with Crippen LogP contribution < -0.4 is 22.1 Å². The number of nitrogen functional groups attached to an aromatic ring is 1. The number of nitrogens with zero attached hydrogens (tertiary/aromatic N) is 3. The van der Waals surface area contributed by atoms with E-state index in [1.807, 2.05) is 0 Å². The number of likely N-dealkylation sites (N-methyl/N-ethyl adjacent to an activating group) is 1. The number of esters is 2. The summed E-state index contributed by atoms with van der Waals surface area (Å²) < 4.78 is 39.1. The number of carbonyl (C=O) groups is 3. The largest absolute Gasteiger partial charge is 0.756 e. The lowest BCUT2D eigenvalue weighted by Gasteiger charge is -2.26. The fourth-order valence-electron chi connectivity index (χ4n) is 6.97. The summed E-state index contributed by atoms with van der Waals surface area (Å²) >= 11 is 0. The number of aromatic nitrogens is 2. The van der Waals surface area contributed by atoms with Crippen molar-refractivity contribution in [1.29, 1.82) is 0 Å². The van der Waals surface area contributed by atoms with Crippen LogP contribution in [0.5, 0.6) is 0 Å². The molecule has 0 bridgehead atoms. The summed E-state index contributed by atoms with van der Waals surface area (Å²) in [6.07, 6.45) is 21.2. The zero-order valence-electron chi connectivity index (χ0n) is 43.0. The Hall–Kier alpha value is -3.08. The van der Waals surface area contributed by atoms with Gasteiger partial charge in [0.2, 0.25) is 0 Å². The van der Waals surface area contributed by atoms with Crippen molar-refractivity contribution in [1.82, 2.24) is 9.55 Å². The molecule has 70 heavy (non-hydrogen) atoms. The molecule has 1 aromatic heterocycles. The Morgan fingerprint density at radius 2 is 1.23 bits per heavy atom. The van der Waals surface area contributed by atoms with E-state index in [1.165, 1.54) is 102 Å². The van der Waals surface area contributed by atoms with E-state index in [-0.39, 0.29) is 31.9 Å². The molecule has 9 N–H and O–H groups in total. The number of aliphatic carboxylic acids is 1. The van der Waals surface area contributed by atoms with Gasteiger partial charge in [-0.1, -0.05) is 142 Å². The molecule has 21 nitrogen and oxygen atoms in total. The van der Waals surface area contributed by atoms with Gasteiger partial charge in [-0.15, -0.1) is 0 Å². The lowest BCUT2D eigenvalue weighted by atomic mass is 10.1. The maximum Gasteiger partial charge on any atom is 0.351 e. The second kappa shape index (κ2) is 40.4. The summed E-state index contributed by atoms with van der Waals surface area (Å²) in [6.45, 7) is 3.27. The van der Waals surface area contributed by atoms with Crippen LogP contribution in [0.25, 0.3) is 0 Å².